The Hall–Kier alpha value is -1.88. The zero-order valence-electron chi connectivity index (χ0n) is 12.9. The molecule has 0 radical (unpaired) electrons. The first-order chi connectivity index (χ1) is 9.90. The largest absolute Gasteiger partial charge is 0.362 e. The summed E-state index contributed by atoms with van der Waals surface area (Å²) in [5, 5.41) is 9.08. The van der Waals surface area contributed by atoms with E-state index in [0.717, 1.165) is 28.6 Å². The molecule has 0 aliphatic heterocycles. The van der Waals surface area contributed by atoms with Gasteiger partial charge in [-0.1, -0.05) is 32.9 Å². The Morgan fingerprint density at radius 2 is 1.90 bits per heavy atom. The minimum Gasteiger partial charge on any atom is -0.362 e. The van der Waals surface area contributed by atoms with Crippen LogP contribution in [0.2, 0.25) is 0 Å². The SMILES string of the molecule is CCNc1nc(-c2ccc(NC(=O)C(C)(C)C)cc2)cs1. The fourth-order valence-corrected chi connectivity index (χ4v) is 2.47. The number of carbonyl (C=O) groups is 1. The molecule has 1 aromatic heterocycles. The van der Waals surface area contributed by atoms with E-state index in [-0.39, 0.29) is 5.91 Å². The summed E-state index contributed by atoms with van der Waals surface area (Å²) in [6, 6.07) is 7.77. The molecule has 0 bridgehead atoms. The van der Waals surface area contributed by atoms with Crippen LogP contribution >= 0.6 is 11.3 Å². The fourth-order valence-electron chi connectivity index (χ4n) is 1.68. The molecule has 0 spiro atoms. The van der Waals surface area contributed by atoms with E-state index in [0.29, 0.717) is 0 Å². The lowest BCUT2D eigenvalue weighted by Crippen LogP contribution is -2.27. The van der Waals surface area contributed by atoms with Crippen molar-refractivity contribution in [1.29, 1.82) is 0 Å². The third kappa shape index (κ3) is 4.04. The predicted octanol–water partition coefficient (Wildman–Crippen LogP) is 4.23. The number of benzene rings is 1. The van der Waals surface area contributed by atoms with E-state index in [1.165, 1.54) is 0 Å². The summed E-state index contributed by atoms with van der Waals surface area (Å²) in [7, 11) is 0. The molecule has 4 nitrogen and oxygen atoms in total. The van der Waals surface area contributed by atoms with Gasteiger partial charge in [-0.2, -0.15) is 0 Å². The van der Waals surface area contributed by atoms with Crippen LogP contribution in [0.1, 0.15) is 27.7 Å². The highest BCUT2D eigenvalue weighted by Crippen LogP contribution is 2.26. The third-order valence-electron chi connectivity index (χ3n) is 2.95. The Morgan fingerprint density at radius 1 is 1.24 bits per heavy atom. The zero-order chi connectivity index (χ0) is 15.5. The summed E-state index contributed by atoms with van der Waals surface area (Å²) in [6.07, 6.45) is 0. The van der Waals surface area contributed by atoms with E-state index in [4.69, 9.17) is 0 Å². The van der Waals surface area contributed by atoms with Gasteiger partial charge < -0.3 is 10.6 Å². The molecule has 21 heavy (non-hydrogen) atoms. The Kier molecular flexibility index (Phi) is 4.63. The van der Waals surface area contributed by atoms with Crippen molar-refractivity contribution in [3.8, 4) is 11.3 Å². The molecule has 0 aliphatic carbocycles. The van der Waals surface area contributed by atoms with Crippen LogP contribution in [-0.2, 0) is 4.79 Å². The molecule has 0 saturated carbocycles. The Bertz CT molecular complexity index is 611. The molecule has 1 aromatic carbocycles. The lowest BCUT2D eigenvalue weighted by molar-refractivity contribution is -0.123. The number of hydrogen-bond acceptors (Lipinski definition) is 4. The van der Waals surface area contributed by atoms with Gasteiger partial charge in [0.1, 0.15) is 0 Å². The van der Waals surface area contributed by atoms with Crippen molar-refractivity contribution >= 4 is 28.1 Å². The van der Waals surface area contributed by atoms with Gasteiger partial charge in [0.05, 0.1) is 5.69 Å². The van der Waals surface area contributed by atoms with Gasteiger partial charge in [-0.25, -0.2) is 4.98 Å². The van der Waals surface area contributed by atoms with Gasteiger partial charge in [0.2, 0.25) is 5.91 Å². The van der Waals surface area contributed by atoms with Crippen molar-refractivity contribution in [1.82, 2.24) is 4.98 Å². The van der Waals surface area contributed by atoms with Crippen LogP contribution < -0.4 is 10.6 Å². The fraction of sp³-hybridized carbons (Fsp3) is 0.375. The second-order valence-corrected chi connectivity index (χ2v) is 6.71. The summed E-state index contributed by atoms with van der Waals surface area (Å²) in [4.78, 5) is 16.5. The van der Waals surface area contributed by atoms with E-state index < -0.39 is 5.41 Å². The number of thiazole rings is 1. The van der Waals surface area contributed by atoms with Gasteiger partial charge in [0, 0.05) is 28.6 Å². The molecule has 2 N–H and O–H groups in total. The van der Waals surface area contributed by atoms with Crippen LogP contribution in [0, 0.1) is 5.41 Å². The molecule has 2 aromatic rings. The number of anilines is 2. The second-order valence-electron chi connectivity index (χ2n) is 5.85. The van der Waals surface area contributed by atoms with Gasteiger partial charge >= 0.3 is 0 Å². The van der Waals surface area contributed by atoms with Gasteiger partial charge in [0.25, 0.3) is 0 Å². The van der Waals surface area contributed by atoms with Crippen LogP contribution in [0.4, 0.5) is 10.8 Å². The highest BCUT2D eigenvalue weighted by molar-refractivity contribution is 7.14. The van der Waals surface area contributed by atoms with Crippen LogP contribution in [0.15, 0.2) is 29.6 Å². The molecule has 0 aliphatic rings. The van der Waals surface area contributed by atoms with Crippen molar-refractivity contribution in [2.24, 2.45) is 5.41 Å². The quantitative estimate of drug-likeness (QED) is 0.889. The Balaban J connectivity index is 2.09. The Morgan fingerprint density at radius 3 is 2.48 bits per heavy atom. The summed E-state index contributed by atoms with van der Waals surface area (Å²) in [6.45, 7) is 8.61. The van der Waals surface area contributed by atoms with Crippen molar-refractivity contribution in [3.63, 3.8) is 0 Å². The van der Waals surface area contributed by atoms with Crippen LogP contribution in [0.3, 0.4) is 0 Å². The maximum absolute atomic E-state index is 11.9. The zero-order valence-corrected chi connectivity index (χ0v) is 13.7. The number of rotatable bonds is 4. The van der Waals surface area contributed by atoms with Crippen molar-refractivity contribution in [2.45, 2.75) is 27.7 Å². The average molecular weight is 303 g/mol. The van der Waals surface area contributed by atoms with E-state index in [1.807, 2.05) is 57.3 Å². The highest BCUT2D eigenvalue weighted by atomic mass is 32.1. The van der Waals surface area contributed by atoms with E-state index >= 15 is 0 Å². The summed E-state index contributed by atoms with van der Waals surface area (Å²) in [5.41, 5.74) is 2.41. The number of nitrogens with one attached hydrogen (secondary N) is 2. The van der Waals surface area contributed by atoms with Gasteiger partial charge in [0.15, 0.2) is 5.13 Å². The van der Waals surface area contributed by atoms with Crippen LogP contribution in [0.25, 0.3) is 11.3 Å². The standard InChI is InChI=1S/C16H21N3OS/c1-5-17-15-19-13(10-21-15)11-6-8-12(9-7-11)18-14(20)16(2,3)4/h6-10H,5H2,1-4H3,(H,17,19)(H,18,20). The predicted molar refractivity (Wildman–Crippen MR) is 89.8 cm³/mol. The number of amides is 1. The Labute approximate surface area is 129 Å². The molecule has 2 rings (SSSR count). The molecule has 1 amide bonds. The molecule has 0 saturated heterocycles. The lowest BCUT2D eigenvalue weighted by Gasteiger charge is -2.17. The topological polar surface area (TPSA) is 54.0 Å². The van der Waals surface area contributed by atoms with Crippen LogP contribution in [0.5, 0.6) is 0 Å². The van der Waals surface area contributed by atoms with Gasteiger partial charge in [-0.3, -0.25) is 4.79 Å². The molecule has 0 fully saturated rings. The second kappa shape index (κ2) is 6.26. The molecule has 0 unspecified atom stereocenters. The molecule has 112 valence electrons. The van der Waals surface area contributed by atoms with Crippen molar-refractivity contribution < 1.29 is 4.79 Å². The lowest BCUT2D eigenvalue weighted by atomic mass is 9.95. The minimum atomic E-state index is -0.395. The highest BCUT2D eigenvalue weighted by Gasteiger charge is 2.21. The smallest absolute Gasteiger partial charge is 0.229 e. The number of hydrogen-bond donors (Lipinski definition) is 2. The molecule has 1 heterocycles. The van der Waals surface area contributed by atoms with E-state index in [9.17, 15) is 4.79 Å². The first-order valence-electron chi connectivity index (χ1n) is 7.01. The number of nitrogens with zero attached hydrogens (tertiary/aromatic N) is 1. The molecule has 0 atom stereocenters. The van der Waals surface area contributed by atoms with Crippen molar-refractivity contribution in [3.05, 3.63) is 29.6 Å². The van der Waals surface area contributed by atoms with E-state index in [1.54, 1.807) is 11.3 Å². The van der Waals surface area contributed by atoms with Gasteiger partial charge in [-0.15, -0.1) is 11.3 Å². The average Bonchev–Trinajstić information content (AvgIpc) is 2.87. The van der Waals surface area contributed by atoms with Crippen molar-refractivity contribution in [2.75, 3.05) is 17.2 Å². The number of carbonyl (C=O) groups excluding carboxylic acids is 1. The maximum atomic E-state index is 11.9. The normalized spacial score (nSPS) is 11.2. The summed E-state index contributed by atoms with van der Waals surface area (Å²) < 4.78 is 0. The first kappa shape index (κ1) is 15.5. The monoisotopic (exact) mass is 303 g/mol. The number of aromatic nitrogens is 1. The minimum absolute atomic E-state index is 0.0124. The maximum Gasteiger partial charge on any atom is 0.229 e. The summed E-state index contributed by atoms with van der Waals surface area (Å²) in [5.74, 6) is 0.0124. The third-order valence-corrected chi connectivity index (χ3v) is 3.75. The van der Waals surface area contributed by atoms with Crippen LogP contribution in [-0.4, -0.2) is 17.4 Å². The van der Waals surface area contributed by atoms with Gasteiger partial charge in [-0.05, 0) is 19.1 Å². The first-order valence-corrected chi connectivity index (χ1v) is 7.89. The molecular formula is C16H21N3OS. The molecular weight excluding hydrogens is 282 g/mol. The summed E-state index contributed by atoms with van der Waals surface area (Å²) >= 11 is 1.60. The molecule has 5 heteroatoms. The van der Waals surface area contributed by atoms with E-state index in [2.05, 4.69) is 15.6 Å².